The van der Waals surface area contributed by atoms with E-state index >= 15 is 0 Å². The summed E-state index contributed by atoms with van der Waals surface area (Å²) in [4.78, 5) is 23.5. The molecule has 1 aromatic rings. The van der Waals surface area contributed by atoms with Crippen molar-refractivity contribution in [3.63, 3.8) is 0 Å². The average molecular weight is 294 g/mol. The molecule has 0 spiro atoms. The first-order valence-electron chi connectivity index (χ1n) is 7.23. The van der Waals surface area contributed by atoms with Crippen LogP contribution in [0.3, 0.4) is 0 Å². The summed E-state index contributed by atoms with van der Waals surface area (Å²) in [5.41, 5.74) is 0. The van der Waals surface area contributed by atoms with E-state index in [4.69, 9.17) is 9.84 Å². The first kappa shape index (κ1) is 15.5. The van der Waals surface area contributed by atoms with Crippen molar-refractivity contribution in [1.82, 2.24) is 14.9 Å². The van der Waals surface area contributed by atoms with E-state index in [1.165, 1.54) is 0 Å². The molecule has 0 unspecified atom stereocenters. The Kier molecular flexibility index (Phi) is 5.32. The van der Waals surface area contributed by atoms with E-state index in [0.29, 0.717) is 18.4 Å². The maximum Gasteiger partial charge on any atom is 0.317 e. The van der Waals surface area contributed by atoms with E-state index in [1.807, 2.05) is 18.7 Å². The predicted molar refractivity (Wildman–Crippen MR) is 78.7 cm³/mol. The van der Waals surface area contributed by atoms with Gasteiger partial charge in [0.1, 0.15) is 0 Å². The molecule has 21 heavy (non-hydrogen) atoms. The van der Waals surface area contributed by atoms with Gasteiger partial charge in [-0.15, -0.1) is 0 Å². The van der Waals surface area contributed by atoms with Crippen molar-refractivity contribution in [1.29, 1.82) is 0 Å². The largest absolute Gasteiger partial charge is 0.480 e. The molecule has 1 N–H and O–H groups in total. The normalized spacial score (nSPS) is 16.8. The molecule has 1 fully saturated rings. The van der Waals surface area contributed by atoms with Crippen LogP contribution in [0.25, 0.3) is 0 Å². The molecule has 0 saturated carbocycles. The van der Waals surface area contributed by atoms with Gasteiger partial charge in [-0.3, -0.25) is 9.69 Å². The molecule has 1 aliphatic rings. The van der Waals surface area contributed by atoms with Crippen LogP contribution >= 0.6 is 0 Å². The van der Waals surface area contributed by atoms with Gasteiger partial charge in [-0.2, -0.15) is 4.98 Å². The van der Waals surface area contributed by atoms with Gasteiger partial charge in [-0.05, 0) is 20.3 Å². The topological polar surface area (TPSA) is 78.8 Å². The number of aromatic nitrogens is 2. The highest BCUT2D eigenvalue weighted by Gasteiger charge is 2.18. The van der Waals surface area contributed by atoms with Crippen molar-refractivity contribution in [3.05, 3.63) is 12.3 Å². The van der Waals surface area contributed by atoms with Crippen LogP contribution in [0.15, 0.2) is 12.3 Å². The third-order valence-corrected chi connectivity index (χ3v) is 3.20. The lowest BCUT2D eigenvalue weighted by Crippen LogP contribution is -2.34. The quantitative estimate of drug-likeness (QED) is 0.862. The summed E-state index contributed by atoms with van der Waals surface area (Å²) >= 11 is 0. The Labute approximate surface area is 124 Å². The molecule has 1 aliphatic heterocycles. The summed E-state index contributed by atoms with van der Waals surface area (Å²) in [6, 6.07) is 1.75. The Morgan fingerprint density at radius 3 is 2.90 bits per heavy atom. The molecule has 0 aliphatic carbocycles. The zero-order valence-corrected chi connectivity index (χ0v) is 12.5. The lowest BCUT2D eigenvalue weighted by molar-refractivity contribution is -0.138. The molecule has 0 bridgehead atoms. The van der Waals surface area contributed by atoms with Gasteiger partial charge in [0.05, 0.1) is 12.6 Å². The minimum absolute atomic E-state index is 0.0722. The van der Waals surface area contributed by atoms with Crippen LogP contribution in [0, 0.1) is 0 Å². The van der Waals surface area contributed by atoms with Crippen molar-refractivity contribution in [2.75, 3.05) is 37.6 Å². The summed E-state index contributed by atoms with van der Waals surface area (Å²) in [6.07, 6.45) is 2.66. The molecule has 2 rings (SSSR count). The van der Waals surface area contributed by atoms with Crippen molar-refractivity contribution < 1.29 is 14.6 Å². The van der Waals surface area contributed by atoms with Crippen LogP contribution in [0.5, 0.6) is 5.88 Å². The van der Waals surface area contributed by atoms with Crippen molar-refractivity contribution >= 4 is 11.9 Å². The van der Waals surface area contributed by atoms with Gasteiger partial charge in [0.2, 0.25) is 11.8 Å². The molecule has 1 saturated heterocycles. The molecule has 0 atom stereocenters. The summed E-state index contributed by atoms with van der Waals surface area (Å²) < 4.78 is 5.58. The number of aliphatic carboxylic acids is 1. The van der Waals surface area contributed by atoms with Gasteiger partial charge in [0.15, 0.2) is 0 Å². The number of carboxylic acid groups (broad SMARTS) is 1. The highest BCUT2D eigenvalue weighted by molar-refractivity contribution is 5.69. The van der Waals surface area contributed by atoms with Crippen LogP contribution in [-0.4, -0.2) is 64.8 Å². The molecular formula is C14H22N4O3. The van der Waals surface area contributed by atoms with Crippen LogP contribution in [0.2, 0.25) is 0 Å². The fourth-order valence-corrected chi connectivity index (χ4v) is 2.31. The van der Waals surface area contributed by atoms with Crippen molar-refractivity contribution in [2.45, 2.75) is 26.4 Å². The van der Waals surface area contributed by atoms with Crippen LogP contribution in [0.1, 0.15) is 20.3 Å². The predicted octanol–water partition coefficient (Wildman–Crippen LogP) is 0.860. The molecule has 116 valence electrons. The number of carbonyl (C=O) groups is 1. The lowest BCUT2D eigenvalue weighted by atomic mass is 10.4. The summed E-state index contributed by atoms with van der Waals surface area (Å²) in [7, 11) is 0. The van der Waals surface area contributed by atoms with Gasteiger partial charge in [-0.25, -0.2) is 4.98 Å². The van der Waals surface area contributed by atoms with Gasteiger partial charge < -0.3 is 14.7 Å². The number of nitrogens with zero attached hydrogens (tertiary/aromatic N) is 4. The SMILES string of the molecule is CC(C)Oc1ccnc(N2CCCN(CC(=O)O)CC2)n1. The van der Waals surface area contributed by atoms with E-state index in [9.17, 15) is 4.79 Å². The Hall–Kier alpha value is -1.89. The first-order chi connectivity index (χ1) is 10.0. The first-order valence-corrected chi connectivity index (χ1v) is 7.23. The van der Waals surface area contributed by atoms with Crippen LogP contribution in [0.4, 0.5) is 5.95 Å². The second-order valence-electron chi connectivity index (χ2n) is 5.37. The molecule has 7 nitrogen and oxygen atoms in total. The molecule has 0 radical (unpaired) electrons. The zero-order chi connectivity index (χ0) is 15.2. The minimum Gasteiger partial charge on any atom is -0.480 e. The van der Waals surface area contributed by atoms with Gasteiger partial charge >= 0.3 is 5.97 Å². The Balaban J connectivity index is 2.00. The highest BCUT2D eigenvalue weighted by Crippen LogP contribution is 2.15. The van der Waals surface area contributed by atoms with E-state index < -0.39 is 5.97 Å². The lowest BCUT2D eigenvalue weighted by Gasteiger charge is -2.21. The summed E-state index contributed by atoms with van der Waals surface area (Å²) in [5, 5.41) is 8.86. The van der Waals surface area contributed by atoms with Crippen molar-refractivity contribution in [3.8, 4) is 5.88 Å². The van der Waals surface area contributed by atoms with E-state index in [2.05, 4.69) is 14.9 Å². The number of hydrogen-bond donors (Lipinski definition) is 1. The van der Waals surface area contributed by atoms with Crippen LogP contribution in [-0.2, 0) is 4.79 Å². The Bertz CT molecular complexity index is 481. The molecule has 2 heterocycles. The maximum atomic E-state index is 10.8. The van der Waals surface area contributed by atoms with Gasteiger partial charge in [-0.1, -0.05) is 0 Å². The zero-order valence-electron chi connectivity index (χ0n) is 12.5. The molecule has 7 heteroatoms. The Morgan fingerprint density at radius 2 is 2.19 bits per heavy atom. The maximum absolute atomic E-state index is 10.8. The molecular weight excluding hydrogens is 272 g/mol. The average Bonchev–Trinajstić information content (AvgIpc) is 2.63. The van der Waals surface area contributed by atoms with E-state index in [0.717, 1.165) is 26.1 Å². The standard InChI is InChI=1S/C14H22N4O3/c1-11(2)21-12-4-5-15-14(16-12)18-7-3-6-17(8-9-18)10-13(19)20/h4-5,11H,3,6-10H2,1-2H3,(H,19,20). The smallest absolute Gasteiger partial charge is 0.317 e. The third-order valence-electron chi connectivity index (χ3n) is 3.20. The third kappa shape index (κ3) is 4.86. The second-order valence-corrected chi connectivity index (χ2v) is 5.37. The molecule has 0 aromatic carbocycles. The number of ether oxygens (including phenoxy) is 1. The number of rotatable bonds is 5. The van der Waals surface area contributed by atoms with Gasteiger partial charge in [0, 0.05) is 38.4 Å². The van der Waals surface area contributed by atoms with E-state index in [-0.39, 0.29) is 12.6 Å². The highest BCUT2D eigenvalue weighted by atomic mass is 16.5. The molecule has 0 amide bonds. The summed E-state index contributed by atoms with van der Waals surface area (Å²) in [5.74, 6) is 0.430. The fraction of sp³-hybridized carbons (Fsp3) is 0.643. The van der Waals surface area contributed by atoms with Crippen molar-refractivity contribution in [2.24, 2.45) is 0 Å². The fourth-order valence-electron chi connectivity index (χ4n) is 2.31. The number of anilines is 1. The Morgan fingerprint density at radius 1 is 1.38 bits per heavy atom. The molecule has 1 aromatic heterocycles. The second kappa shape index (κ2) is 7.21. The number of carboxylic acids is 1. The number of hydrogen-bond acceptors (Lipinski definition) is 6. The van der Waals surface area contributed by atoms with E-state index in [1.54, 1.807) is 12.3 Å². The minimum atomic E-state index is -0.785. The van der Waals surface area contributed by atoms with Gasteiger partial charge in [0.25, 0.3) is 0 Å². The summed E-state index contributed by atoms with van der Waals surface area (Å²) in [6.45, 7) is 7.02. The van der Waals surface area contributed by atoms with Crippen LogP contribution < -0.4 is 9.64 Å². The monoisotopic (exact) mass is 294 g/mol.